The molecule has 1 aliphatic carbocycles. The molecule has 0 spiro atoms. The van der Waals surface area contributed by atoms with Crippen LogP contribution >= 0.6 is 11.3 Å². The Labute approximate surface area is 380 Å². The summed E-state index contributed by atoms with van der Waals surface area (Å²) in [7, 11) is 0. The minimum Gasteiger partial charge on any atom is -0.456 e. The topological polar surface area (TPSA) is 51.8 Å². The van der Waals surface area contributed by atoms with Crippen molar-refractivity contribution in [3.63, 3.8) is 0 Å². The van der Waals surface area contributed by atoms with E-state index >= 15 is 0 Å². The van der Waals surface area contributed by atoms with E-state index in [0.29, 0.717) is 17.5 Å². The van der Waals surface area contributed by atoms with E-state index in [4.69, 9.17) is 19.4 Å². The van der Waals surface area contributed by atoms with Crippen molar-refractivity contribution in [2.45, 2.75) is 19.3 Å². The molecule has 0 fully saturated rings. The van der Waals surface area contributed by atoms with Crippen LogP contribution in [0.1, 0.15) is 25.0 Å². The smallest absolute Gasteiger partial charge is 0.164 e. The van der Waals surface area contributed by atoms with Gasteiger partial charge in [-0.25, -0.2) is 15.0 Å². The Morgan fingerprint density at radius 1 is 0.354 bits per heavy atom. The van der Waals surface area contributed by atoms with Crippen molar-refractivity contribution >= 4 is 53.4 Å². The second-order valence-corrected chi connectivity index (χ2v) is 18.6. The number of aromatic nitrogens is 3. The molecule has 13 rings (SSSR count). The first-order chi connectivity index (χ1) is 31.9. The largest absolute Gasteiger partial charge is 0.456 e. The van der Waals surface area contributed by atoms with E-state index in [-0.39, 0.29) is 5.41 Å². The number of rotatable bonds is 6. The summed E-state index contributed by atoms with van der Waals surface area (Å²) in [5, 5.41) is 4.34. The first kappa shape index (κ1) is 37.6. The van der Waals surface area contributed by atoms with Crippen molar-refractivity contribution in [1.82, 2.24) is 15.0 Å². The molecule has 12 aromatic rings. The van der Waals surface area contributed by atoms with Crippen molar-refractivity contribution < 1.29 is 4.42 Å². The van der Waals surface area contributed by atoms with Crippen molar-refractivity contribution in [3.05, 3.63) is 211 Å². The van der Waals surface area contributed by atoms with Gasteiger partial charge in [0.2, 0.25) is 0 Å². The predicted octanol–water partition coefficient (Wildman–Crippen LogP) is 16.4. The lowest BCUT2D eigenvalue weighted by Gasteiger charge is -2.22. The third-order valence-electron chi connectivity index (χ3n) is 13.4. The van der Waals surface area contributed by atoms with Crippen molar-refractivity contribution in [2.24, 2.45) is 0 Å². The quantitative estimate of drug-likeness (QED) is 0.167. The highest BCUT2D eigenvalue weighted by molar-refractivity contribution is 7.25. The molecule has 0 saturated carbocycles. The maximum Gasteiger partial charge on any atom is 0.164 e. The van der Waals surface area contributed by atoms with Crippen LogP contribution in [-0.2, 0) is 5.41 Å². The summed E-state index contributed by atoms with van der Waals surface area (Å²) in [5.74, 6) is 1.84. The van der Waals surface area contributed by atoms with Gasteiger partial charge in [0.25, 0.3) is 0 Å². The zero-order chi connectivity index (χ0) is 43.2. The predicted molar refractivity (Wildman–Crippen MR) is 270 cm³/mol. The van der Waals surface area contributed by atoms with E-state index in [1.165, 1.54) is 48.2 Å². The van der Waals surface area contributed by atoms with Gasteiger partial charge in [-0.05, 0) is 98.1 Å². The van der Waals surface area contributed by atoms with Gasteiger partial charge in [0.1, 0.15) is 11.2 Å². The van der Waals surface area contributed by atoms with Crippen LogP contribution in [0.15, 0.2) is 205 Å². The summed E-state index contributed by atoms with van der Waals surface area (Å²) in [5.41, 5.74) is 16.7. The van der Waals surface area contributed by atoms with Crippen LogP contribution in [0.2, 0.25) is 0 Å². The van der Waals surface area contributed by atoms with Gasteiger partial charge < -0.3 is 4.42 Å². The van der Waals surface area contributed by atoms with Crippen LogP contribution in [-0.4, -0.2) is 15.0 Å². The Kier molecular flexibility index (Phi) is 8.39. The summed E-state index contributed by atoms with van der Waals surface area (Å²) < 4.78 is 9.01. The van der Waals surface area contributed by atoms with Crippen LogP contribution in [0.4, 0.5) is 0 Å². The van der Waals surface area contributed by atoms with Gasteiger partial charge in [-0.15, -0.1) is 11.3 Å². The molecule has 0 saturated heterocycles. The molecule has 0 atom stereocenters. The number of hydrogen-bond donors (Lipinski definition) is 0. The number of thiophene rings is 1. The van der Waals surface area contributed by atoms with Crippen LogP contribution in [0.25, 0.3) is 121 Å². The highest BCUT2D eigenvalue weighted by Crippen LogP contribution is 2.50. The fraction of sp³-hybridized carbons (Fsp3) is 0.0500. The van der Waals surface area contributed by atoms with E-state index in [2.05, 4.69) is 196 Å². The summed E-state index contributed by atoms with van der Waals surface area (Å²) in [4.78, 5) is 15.9. The number of nitrogens with zero attached hydrogens (tertiary/aromatic N) is 3. The third-order valence-corrected chi connectivity index (χ3v) is 14.5. The van der Waals surface area contributed by atoms with E-state index in [0.717, 1.165) is 66.3 Å². The maximum absolute atomic E-state index is 6.58. The average Bonchev–Trinajstić information content (AvgIpc) is 4.01. The molecule has 9 aromatic carbocycles. The number of benzene rings is 9. The Bertz CT molecular complexity index is 3860. The van der Waals surface area contributed by atoms with Crippen LogP contribution in [0.5, 0.6) is 0 Å². The van der Waals surface area contributed by atoms with Crippen LogP contribution in [0, 0.1) is 0 Å². The van der Waals surface area contributed by atoms with Gasteiger partial charge >= 0.3 is 0 Å². The van der Waals surface area contributed by atoms with E-state index in [9.17, 15) is 0 Å². The summed E-state index contributed by atoms with van der Waals surface area (Å²) >= 11 is 1.79. The third kappa shape index (κ3) is 6.07. The zero-order valence-electron chi connectivity index (χ0n) is 35.7. The van der Waals surface area contributed by atoms with Crippen molar-refractivity contribution in [2.75, 3.05) is 0 Å². The molecule has 4 nitrogen and oxygen atoms in total. The molecule has 0 N–H and O–H groups in total. The van der Waals surface area contributed by atoms with E-state index in [1.807, 2.05) is 18.2 Å². The Morgan fingerprint density at radius 3 is 1.74 bits per heavy atom. The molecule has 3 heterocycles. The lowest BCUT2D eigenvalue weighted by Crippen LogP contribution is -2.14. The van der Waals surface area contributed by atoms with Crippen LogP contribution in [0.3, 0.4) is 0 Å². The van der Waals surface area contributed by atoms with E-state index in [1.54, 1.807) is 11.3 Å². The van der Waals surface area contributed by atoms with E-state index < -0.39 is 0 Å². The fourth-order valence-electron chi connectivity index (χ4n) is 10.1. The number of hydrogen-bond acceptors (Lipinski definition) is 5. The normalized spacial score (nSPS) is 12.9. The Morgan fingerprint density at radius 2 is 0.908 bits per heavy atom. The minimum absolute atomic E-state index is 0.0473. The lowest BCUT2D eigenvalue weighted by molar-refractivity contribution is 0.660. The van der Waals surface area contributed by atoms with Gasteiger partial charge in [-0.2, -0.15) is 0 Å². The number of fused-ring (bicyclic) bond motifs is 9. The summed E-state index contributed by atoms with van der Waals surface area (Å²) in [6.45, 7) is 4.67. The van der Waals surface area contributed by atoms with Gasteiger partial charge in [-0.3, -0.25) is 0 Å². The molecular weight excluding hydrogens is 811 g/mol. The summed E-state index contributed by atoms with van der Waals surface area (Å²) in [6, 6.07) is 71.3. The number of furan rings is 1. The van der Waals surface area contributed by atoms with Gasteiger partial charge in [-0.1, -0.05) is 172 Å². The minimum atomic E-state index is -0.0473. The zero-order valence-corrected chi connectivity index (χ0v) is 36.5. The highest BCUT2D eigenvalue weighted by Gasteiger charge is 2.35. The first-order valence-corrected chi connectivity index (χ1v) is 22.9. The highest BCUT2D eigenvalue weighted by atomic mass is 32.1. The molecule has 0 bridgehead atoms. The molecule has 1 aliphatic rings. The SMILES string of the molecule is CC1(C)c2ccccc2-c2ccc(-c3ccc(-c4ccc5oc6cccc(-c7nc(-c8cccc(-c9ccccc9)c8)nc(-c8cccc9sc%10ccccc%10c89)n7)c6c5c4)cc3)cc21. The second-order valence-electron chi connectivity index (χ2n) is 17.5. The fourth-order valence-corrected chi connectivity index (χ4v) is 11.2. The van der Waals surface area contributed by atoms with Crippen LogP contribution < -0.4 is 0 Å². The molecule has 3 aromatic heterocycles. The maximum atomic E-state index is 6.58. The van der Waals surface area contributed by atoms with Gasteiger partial charge in [0, 0.05) is 53.1 Å². The Balaban J connectivity index is 0.939. The average molecular weight is 850 g/mol. The molecule has 306 valence electrons. The molecule has 0 aliphatic heterocycles. The lowest BCUT2D eigenvalue weighted by atomic mass is 9.81. The Hall–Kier alpha value is -7.99. The van der Waals surface area contributed by atoms with Crippen molar-refractivity contribution in [3.8, 4) is 78.7 Å². The van der Waals surface area contributed by atoms with Gasteiger partial charge in [0.05, 0.1) is 0 Å². The molecule has 65 heavy (non-hydrogen) atoms. The molecule has 0 radical (unpaired) electrons. The van der Waals surface area contributed by atoms with Crippen molar-refractivity contribution in [1.29, 1.82) is 0 Å². The molecule has 0 amide bonds. The summed E-state index contributed by atoms with van der Waals surface area (Å²) in [6.07, 6.45) is 0. The standard InChI is InChI=1S/C60H39N3OS/c1-60(2)49-21-8-6-17-43(49)44-31-29-41(35-50(44)60)38-27-25-37(26-28-38)40-30-32-51-48(34-40)55-46(19-11-22-52(55)64-51)58-61-57(42-16-10-15-39(33-42)36-13-4-3-5-14-36)62-59(63-58)47-20-12-24-54-56(47)45-18-7-9-23-53(45)65-54/h3-35H,1-2H3. The molecule has 5 heteroatoms. The molecular formula is C60H39N3OS. The van der Waals surface area contributed by atoms with Gasteiger partial charge in [0.15, 0.2) is 17.5 Å². The monoisotopic (exact) mass is 849 g/mol. The molecule has 0 unspecified atom stereocenters. The second kappa shape index (κ2) is 14.5. The first-order valence-electron chi connectivity index (χ1n) is 22.1.